The summed E-state index contributed by atoms with van der Waals surface area (Å²) < 4.78 is 5.44. The van der Waals surface area contributed by atoms with E-state index in [0.717, 1.165) is 16.1 Å². The van der Waals surface area contributed by atoms with Crippen molar-refractivity contribution in [1.82, 2.24) is 15.1 Å². The van der Waals surface area contributed by atoms with Gasteiger partial charge in [0.1, 0.15) is 5.69 Å². The summed E-state index contributed by atoms with van der Waals surface area (Å²) in [5.74, 6) is 0.919. The highest BCUT2D eigenvalue weighted by Gasteiger charge is 2.19. The maximum atomic E-state index is 12.9. The monoisotopic (exact) mass is 418 g/mol. The Morgan fingerprint density at radius 3 is 2.63 bits per heavy atom. The Labute approximate surface area is 179 Å². The van der Waals surface area contributed by atoms with E-state index in [1.807, 2.05) is 57.2 Å². The molecule has 2 aromatic carbocycles. The van der Waals surface area contributed by atoms with Crippen molar-refractivity contribution in [3.05, 3.63) is 81.6 Å². The lowest BCUT2D eigenvalue weighted by atomic mass is 10.1. The Bertz CT molecular complexity index is 1160. The highest BCUT2D eigenvalue weighted by Crippen LogP contribution is 2.31. The molecule has 2 heterocycles. The van der Waals surface area contributed by atoms with Gasteiger partial charge in [0.15, 0.2) is 5.82 Å². The van der Waals surface area contributed by atoms with Crippen molar-refractivity contribution in [3.63, 3.8) is 0 Å². The lowest BCUT2D eigenvalue weighted by Gasteiger charge is -2.10. The molecule has 30 heavy (non-hydrogen) atoms. The SMILES string of the molecule is Cc1cccc(-c2nc(C(C)C)no2)c1NC(=O)c1csc(Cc2ccccc2)n1. The van der Waals surface area contributed by atoms with Crippen LogP contribution in [-0.4, -0.2) is 21.0 Å². The second kappa shape index (κ2) is 8.59. The van der Waals surface area contributed by atoms with E-state index in [1.165, 1.54) is 11.3 Å². The van der Waals surface area contributed by atoms with Crippen LogP contribution in [-0.2, 0) is 6.42 Å². The Kier molecular flexibility index (Phi) is 5.72. The average molecular weight is 419 g/mol. The molecule has 0 saturated heterocycles. The molecule has 4 aromatic rings. The van der Waals surface area contributed by atoms with Gasteiger partial charge in [0, 0.05) is 17.7 Å². The molecule has 0 spiro atoms. The highest BCUT2D eigenvalue weighted by molar-refractivity contribution is 7.09. The van der Waals surface area contributed by atoms with Gasteiger partial charge in [0.05, 0.1) is 16.3 Å². The molecule has 0 atom stereocenters. The van der Waals surface area contributed by atoms with Crippen molar-refractivity contribution >= 4 is 22.9 Å². The Hall–Kier alpha value is -3.32. The number of anilines is 1. The number of para-hydroxylation sites is 1. The summed E-state index contributed by atoms with van der Waals surface area (Å²) in [5.41, 5.74) is 3.82. The van der Waals surface area contributed by atoms with Crippen LogP contribution in [0.15, 0.2) is 58.4 Å². The maximum Gasteiger partial charge on any atom is 0.275 e. The van der Waals surface area contributed by atoms with Crippen LogP contribution in [0.2, 0.25) is 0 Å². The maximum absolute atomic E-state index is 12.9. The number of hydrogen-bond acceptors (Lipinski definition) is 6. The summed E-state index contributed by atoms with van der Waals surface area (Å²) in [7, 11) is 0. The van der Waals surface area contributed by atoms with Gasteiger partial charge in [-0.05, 0) is 24.1 Å². The minimum atomic E-state index is -0.260. The number of nitrogens with one attached hydrogen (secondary N) is 1. The topological polar surface area (TPSA) is 80.9 Å². The number of aromatic nitrogens is 3. The van der Waals surface area contributed by atoms with Crippen molar-refractivity contribution in [2.24, 2.45) is 0 Å². The molecule has 0 unspecified atom stereocenters. The van der Waals surface area contributed by atoms with Crippen molar-refractivity contribution < 1.29 is 9.32 Å². The lowest BCUT2D eigenvalue weighted by Crippen LogP contribution is -2.14. The van der Waals surface area contributed by atoms with Gasteiger partial charge in [-0.1, -0.05) is 61.5 Å². The molecule has 0 aliphatic heterocycles. The first kappa shape index (κ1) is 20.0. The molecule has 1 amide bonds. The van der Waals surface area contributed by atoms with Crippen LogP contribution >= 0.6 is 11.3 Å². The number of rotatable bonds is 6. The third-order valence-electron chi connectivity index (χ3n) is 4.68. The first-order chi connectivity index (χ1) is 14.5. The molecule has 0 radical (unpaired) electrons. The number of carbonyl (C=O) groups is 1. The van der Waals surface area contributed by atoms with E-state index in [0.29, 0.717) is 35.1 Å². The number of amides is 1. The number of aryl methyl sites for hydroxylation is 1. The van der Waals surface area contributed by atoms with Gasteiger partial charge in [-0.25, -0.2) is 4.98 Å². The molecule has 152 valence electrons. The summed E-state index contributed by atoms with van der Waals surface area (Å²) in [4.78, 5) is 21.9. The average Bonchev–Trinajstić information content (AvgIpc) is 3.40. The number of thiazole rings is 1. The zero-order chi connectivity index (χ0) is 21.1. The first-order valence-electron chi connectivity index (χ1n) is 9.74. The predicted octanol–water partition coefficient (Wildman–Crippen LogP) is 5.47. The largest absolute Gasteiger partial charge is 0.334 e. The molecule has 2 aromatic heterocycles. The fourth-order valence-electron chi connectivity index (χ4n) is 3.04. The van der Waals surface area contributed by atoms with Crippen LogP contribution in [0.3, 0.4) is 0 Å². The normalized spacial score (nSPS) is 11.1. The van der Waals surface area contributed by atoms with Crippen molar-refractivity contribution in [2.45, 2.75) is 33.1 Å². The Balaban J connectivity index is 1.56. The van der Waals surface area contributed by atoms with E-state index < -0.39 is 0 Å². The summed E-state index contributed by atoms with van der Waals surface area (Å²) >= 11 is 1.48. The number of nitrogens with zero attached hydrogens (tertiary/aromatic N) is 3. The van der Waals surface area contributed by atoms with Gasteiger partial charge in [0.25, 0.3) is 11.8 Å². The summed E-state index contributed by atoms with van der Waals surface area (Å²) in [6.45, 7) is 5.94. The molecular weight excluding hydrogens is 396 g/mol. The molecule has 1 N–H and O–H groups in total. The fraction of sp³-hybridized carbons (Fsp3) is 0.217. The molecular formula is C23H22N4O2S. The fourth-order valence-corrected chi connectivity index (χ4v) is 3.84. The van der Waals surface area contributed by atoms with E-state index in [9.17, 15) is 4.79 Å². The van der Waals surface area contributed by atoms with E-state index in [-0.39, 0.29) is 11.8 Å². The van der Waals surface area contributed by atoms with Gasteiger partial charge in [-0.15, -0.1) is 11.3 Å². The third kappa shape index (κ3) is 4.31. The molecule has 0 fully saturated rings. The first-order valence-corrected chi connectivity index (χ1v) is 10.6. The van der Waals surface area contributed by atoms with Crippen LogP contribution in [0, 0.1) is 6.92 Å². The van der Waals surface area contributed by atoms with Crippen LogP contribution in [0.25, 0.3) is 11.5 Å². The second-order valence-electron chi connectivity index (χ2n) is 7.35. The zero-order valence-corrected chi connectivity index (χ0v) is 17.9. The zero-order valence-electron chi connectivity index (χ0n) is 17.0. The van der Waals surface area contributed by atoms with Crippen LogP contribution in [0.5, 0.6) is 0 Å². The predicted molar refractivity (Wildman–Crippen MR) is 118 cm³/mol. The standard InChI is InChI=1S/C23H22N4O2S/c1-14(2)21-26-23(29-27-21)17-11-7-8-15(3)20(17)25-22(28)18-13-30-19(24-18)12-16-9-5-4-6-10-16/h4-11,13-14H,12H2,1-3H3,(H,25,28). The molecule has 4 rings (SSSR count). The van der Waals surface area contributed by atoms with Crippen LogP contribution in [0.4, 0.5) is 5.69 Å². The number of carbonyl (C=O) groups excluding carboxylic acids is 1. The molecule has 0 bridgehead atoms. The molecule has 0 saturated carbocycles. The minimum Gasteiger partial charge on any atom is -0.334 e. The summed E-state index contributed by atoms with van der Waals surface area (Å²) in [6, 6.07) is 15.8. The Morgan fingerprint density at radius 2 is 1.90 bits per heavy atom. The number of hydrogen-bond donors (Lipinski definition) is 1. The minimum absolute atomic E-state index is 0.156. The van der Waals surface area contributed by atoms with Gasteiger partial charge >= 0.3 is 0 Å². The van der Waals surface area contributed by atoms with E-state index in [4.69, 9.17) is 4.52 Å². The van der Waals surface area contributed by atoms with Gasteiger partial charge in [0.2, 0.25) is 0 Å². The summed E-state index contributed by atoms with van der Waals surface area (Å²) in [6.07, 6.45) is 0.703. The quantitative estimate of drug-likeness (QED) is 0.449. The number of benzene rings is 2. The van der Waals surface area contributed by atoms with Crippen molar-refractivity contribution in [1.29, 1.82) is 0 Å². The smallest absolute Gasteiger partial charge is 0.275 e. The van der Waals surface area contributed by atoms with Crippen LogP contribution in [0.1, 0.15) is 52.2 Å². The second-order valence-corrected chi connectivity index (χ2v) is 8.30. The Morgan fingerprint density at radius 1 is 1.10 bits per heavy atom. The van der Waals surface area contributed by atoms with Crippen molar-refractivity contribution in [3.8, 4) is 11.5 Å². The summed E-state index contributed by atoms with van der Waals surface area (Å²) in [5, 5.41) is 9.71. The van der Waals surface area contributed by atoms with Gasteiger partial charge in [-0.2, -0.15) is 4.98 Å². The molecule has 0 aliphatic rings. The van der Waals surface area contributed by atoms with Gasteiger partial charge in [-0.3, -0.25) is 4.79 Å². The van der Waals surface area contributed by atoms with E-state index >= 15 is 0 Å². The van der Waals surface area contributed by atoms with E-state index in [1.54, 1.807) is 5.38 Å². The molecule has 7 heteroatoms. The molecule has 6 nitrogen and oxygen atoms in total. The van der Waals surface area contributed by atoms with E-state index in [2.05, 4.69) is 32.6 Å². The lowest BCUT2D eigenvalue weighted by molar-refractivity contribution is 0.102. The highest BCUT2D eigenvalue weighted by atomic mass is 32.1. The van der Waals surface area contributed by atoms with Crippen LogP contribution < -0.4 is 5.32 Å². The van der Waals surface area contributed by atoms with Gasteiger partial charge < -0.3 is 9.84 Å². The van der Waals surface area contributed by atoms with Crippen molar-refractivity contribution in [2.75, 3.05) is 5.32 Å². The third-order valence-corrected chi connectivity index (χ3v) is 5.53. The molecule has 0 aliphatic carbocycles.